The molecule has 1 unspecified atom stereocenters. The summed E-state index contributed by atoms with van der Waals surface area (Å²) in [5.41, 5.74) is 6.38. The van der Waals surface area contributed by atoms with Gasteiger partial charge < -0.3 is 30.0 Å². The van der Waals surface area contributed by atoms with E-state index in [9.17, 15) is 18.4 Å². The van der Waals surface area contributed by atoms with Gasteiger partial charge >= 0.3 is 12.6 Å². The van der Waals surface area contributed by atoms with Gasteiger partial charge in [0.1, 0.15) is 5.69 Å². The van der Waals surface area contributed by atoms with Crippen LogP contribution in [-0.4, -0.2) is 40.2 Å². The Morgan fingerprint density at radius 1 is 1.21 bits per heavy atom. The van der Waals surface area contributed by atoms with Gasteiger partial charge in [-0.05, 0) is 44.2 Å². The van der Waals surface area contributed by atoms with Gasteiger partial charge in [0.05, 0.1) is 24.9 Å². The molecule has 0 saturated carbocycles. The third-order valence-corrected chi connectivity index (χ3v) is 4.44. The van der Waals surface area contributed by atoms with Crippen molar-refractivity contribution in [3.8, 4) is 23.0 Å². The average Bonchev–Trinajstić information content (AvgIpc) is 3.25. The Bertz CT molecular complexity index is 1180. The van der Waals surface area contributed by atoms with Crippen LogP contribution in [0.1, 0.15) is 52.3 Å². The number of hydrogen-bond donors (Lipinski definition) is 3. The summed E-state index contributed by atoms with van der Waals surface area (Å²) in [6, 6.07) is 7.83. The van der Waals surface area contributed by atoms with E-state index in [1.807, 2.05) is 0 Å². The van der Waals surface area contributed by atoms with Crippen molar-refractivity contribution < 1.29 is 37.4 Å². The van der Waals surface area contributed by atoms with Crippen LogP contribution < -0.4 is 20.5 Å². The molecule has 2 heterocycles. The molecule has 34 heavy (non-hydrogen) atoms. The second-order valence-corrected chi connectivity index (χ2v) is 7.00. The maximum atomic E-state index is 12.8. The molecule has 0 saturated heterocycles. The zero-order valence-electron chi connectivity index (χ0n) is 18.2. The number of rotatable bonds is 10. The summed E-state index contributed by atoms with van der Waals surface area (Å²) in [6.07, 6.45) is 0. The molecule has 0 bridgehead atoms. The fourth-order valence-corrected chi connectivity index (χ4v) is 2.98. The van der Waals surface area contributed by atoms with Crippen LogP contribution in [0.15, 0.2) is 40.8 Å². The number of halogens is 2. The van der Waals surface area contributed by atoms with Gasteiger partial charge in [0.2, 0.25) is 5.89 Å². The number of carbonyl (C=O) groups is 2. The van der Waals surface area contributed by atoms with E-state index in [4.69, 9.17) is 20.0 Å². The van der Waals surface area contributed by atoms with Crippen molar-refractivity contribution in [3.05, 3.63) is 59.2 Å². The van der Waals surface area contributed by atoms with Crippen molar-refractivity contribution >= 4 is 11.9 Å². The lowest BCUT2D eigenvalue weighted by molar-refractivity contribution is -0.0514. The highest BCUT2D eigenvalue weighted by Gasteiger charge is 2.24. The van der Waals surface area contributed by atoms with E-state index in [2.05, 4.69) is 20.0 Å². The molecule has 4 N–H and O–H groups in total. The molecule has 0 fully saturated rings. The SMILES string of the molecule is CCOc1cc(-c2nc(C(=O)NCc3cccc(C(=O)O)n3)c(C(C)N)o2)ccc1OC(F)F. The van der Waals surface area contributed by atoms with Crippen LogP contribution in [0.3, 0.4) is 0 Å². The van der Waals surface area contributed by atoms with E-state index >= 15 is 0 Å². The molecule has 2 aromatic heterocycles. The van der Waals surface area contributed by atoms with E-state index in [0.29, 0.717) is 11.3 Å². The maximum absolute atomic E-state index is 12.8. The number of benzene rings is 1. The second-order valence-electron chi connectivity index (χ2n) is 7.00. The standard InChI is InChI=1S/C22H22F2N4O6/c1-3-32-16-9-12(7-8-15(16)33-22(23)24)20-28-17(18(34-20)11(2)25)19(29)26-10-13-5-4-6-14(27-13)21(30)31/h4-9,11,22H,3,10,25H2,1-2H3,(H,26,29)(H,30,31). The quantitative estimate of drug-likeness (QED) is 0.400. The Morgan fingerprint density at radius 3 is 2.62 bits per heavy atom. The normalized spacial score (nSPS) is 11.8. The zero-order valence-corrected chi connectivity index (χ0v) is 18.2. The van der Waals surface area contributed by atoms with Crippen LogP contribution >= 0.6 is 0 Å². The van der Waals surface area contributed by atoms with E-state index in [-0.39, 0.29) is 47.7 Å². The first-order chi connectivity index (χ1) is 16.2. The maximum Gasteiger partial charge on any atom is 0.387 e. The van der Waals surface area contributed by atoms with Crippen molar-refractivity contribution in [2.24, 2.45) is 5.73 Å². The number of alkyl halides is 2. The molecule has 0 aliphatic rings. The summed E-state index contributed by atoms with van der Waals surface area (Å²) in [5.74, 6) is -1.79. The Kier molecular flexibility index (Phi) is 7.74. The first kappa shape index (κ1) is 24.6. The Balaban J connectivity index is 1.87. The lowest BCUT2D eigenvalue weighted by Gasteiger charge is -2.11. The lowest BCUT2D eigenvalue weighted by atomic mass is 10.2. The summed E-state index contributed by atoms with van der Waals surface area (Å²) in [4.78, 5) is 32.0. The number of hydrogen-bond acceptors (Lipinski definition) is 8. The highest BCUT2D eigenvalue weighted by atomic mass is 19.3. The van der Waals surface area contributed by atoms with Crippen LogP contribution in [-0.2, 0) is 6.54 Å². The fraction of sp³-hybridized carbons (Fsp3) is 0.273. The monoisotopic (exact) mass is 476 g/mol. The van der Waals surface area contributed by atoms with E-state index in [0.717, 1.165) is 0 Å². The lowest BCUT2D eigenvalue weighted by Crippen LogP contribution is -2.26. The number of amides is 1. The summed E-state index contributed by atoms with van der Waals surface area (Å²) in [7, 11) is 0. The van der Waals surface area contributed by atoms with E-state index < -0.39 is 24.5 Å². The number of aromatic nitrogens is 2. The van der Waals surface area contributed by atoms with Gasteiger partial charge in [-0.15, -0.1) is 0 Å². The molecule has 3 aromatic rings. The van der Waals surface area contributed by atoms with Gasteiger partial charge in [0.15, 0.2) is 23.0 Å². The smallest absolute Gasteiger partial charge is 0.387 e. The minimum absolute atomic E-state index is 0.0213. The molecule has 0 aliphatic heterocycles. The van der Waals surface area contributed by atoms with Gasteiger partial charge in [0.25, 0.3) is 5.91 Å². The molecule has 1 atom stereocenters. The molecule has 180 valence electrons. The van der Waals surface area contributed by atoms with Crippen molar-refractivity contribution in [1.29, 1.82) is 0 Å². The predicted molar refractivity (Wildman–Crippen MR) is 115 cm³/mol. The molecule has 0 radical (unpaired) electrons. The number of ether oxygens (including phenoxy) is 2. The Labute approximate surface area is 192 Å². The van der Waals surface area contributed by atoms with Crippen LogP contribution in [0.5, 0.6) is 11.5 Å². The third kappa shape index (κ3) is 5.84. The second kappa shape index (κ2) is 10.7. The topological polar surface area (TPSA) is 150 Å². The van der Waals surface area contributed by atoms with Crippen LogP contribution in [0.2, 0.25) is 0 Å². The average molecular weight is 476 g/mol. The van der Waals surface area contributed by atoms with Crippen LogP contribution in [0.25, 0.3) is 11.5 Å². The zero-order chi connectivity index (χ0) is 24.8. The van der Waals surface area contributed by atoms with Crippen molar-refractivity contribution in [2.75, 3.05) is 6.61 Å². The van der Waals surface area contributed by atoms with Gasteiger partial charge in [-0.3, -0.25) is 4.79 Å². The first-order valence-electron chi connectivity index (χ1n) is 10.1. The number of nitrogens with two attached hydrogens (primary N) is 1. The van der Waals surface area contributed by atoms with E-state index in [1.54, 1.807) is 19.9 Å². The van der Waals surface area contributed by atoms with Crippen LogP contribution in [0.4, 0.5) is 8.78 Å². The molecule has 1 amide bonds. The number of carbonyl (C=O) groups excluding carboxylic acids is 1. The molecular weight excluding hydrogens is 454 g/mol. The minimum Gasteiger partial charge on any atom is -0.490 e. The highest BCUT2D eigenvalue weighted by Crippen LogP contribution is 2.34. The number of aromatic carboxylic acids is 1. The van der Waals surface area contributed by atoms with Crippen molar-refractivity contribution in [2.45, 2.75) is 33.0 Å². The first-order valence-corrected chi connectivity index (χ1v) is 10.1. The molecule has 0 spiro atoms. The molecule has 12 heteroatoms. The number of oxazole rings is 1. The predicted octanol–water partition coefficient (Wildman–Crippen LogP) is 3.38. The molecule has 0 aliphatic carbocycles. The van der Waals surface area contributed by atoms with E-state index in [1.165, 1.54) is 30.3 Å². The van der Waals surface area contributed by atoms with Gasteiger partial charge in [-0.25, -0.2) is 14.8 Å². The summed E-state index contributed by atoms with van der Waals surface area (Å²) in [6.45, 7) is 0.391. The summed E-state index contributed by atoms with van der Waals surface area (Å²) >= 11 is 0. The Hall–Kier alpha value is -4.06. The number of carboxylic acid groups (broad SMARTS) is 1. The van der Waals surface area contributed by atoms with Crippen molar-refractivity contribution in [1.82, 2.24) is 15.3 Å². The molecule has 10 nitrogen and oxygen atoms in total. The Morgan fingerprint density at radius 2 is 1.97 bits per heavy atom. The van der Waals surface area contributed by atoms with Crippen molar-refractivity contribution in [3.63, 3.8) is 0 Å². The third-order valence-electron chi connectivity index (χ3n) is 4.44. The summed E-state index contributed by atoms with van der Waals surface area (Å²) < 4.78 is 40.8. The largest absolute Gasteiger partial charge is 0.490 e. The molecule has 1 aromatic carbocycles. The number of nitrogens with one attached hydrogen (secondary N) is 1. The molecular formula is C22H22F2N4O6. The van der Waals surface area contributed by atoms with Gasteiger partial charge in [-0.2, -0.15) is 8.78 Å². The molecule has 3 rings (SSSR count). The number of pyridine rings is 1. The van der Waals surface area contributed by atoms with Gasteiger partial charge in [0, 0.05) is 5.56 Å². The minimum atomic E-state index is -3.03. The van der Waals surface area contributed by atoms with Crippen LogP contribution in [0, 0.1) is 0 Å². The number of nitrogens with zero attached hydrogens (tertiary/aromatic N) is 2. The van der Waals surface area contributed by atoms with Gasteiger partial charge in [-0.1, -0.05) is 6.07 Å². The fourth-order valence-electron chi connectivity index (χ4n) is 2.98. The highest BCUT2D eigenvalue weighted by molar-refractivity contribution is 5.94. The summed E-state index contributed by atoms with van der Waals surface area (Å²) in [5, 5.41) is 11.6. The number of carboxylic acids is 1.